The molecule has 0 saturated carbocycles. The Morgan fingerprint density at radius 1 is 0.971 bits per heavy atom. The van der Waals surface area contributed by atoms with Crippen molar-refractivity contribution in [1.82, 2.24) is 30.4 Å². The lowest BCUT2D eigenvalue weighted by atomic mass is 9.93. The van der Waals surface area contributed by atoms with Crippen LogP contribution in [0.2, 0.25) is 0 Å². The van der Waals surface area contributed by atoms with E-state index in [2.05, 4.69) is 32.5 Å². The first-order chi connectivity index (χ1) is 17.0. The molecule has 178 valence electrons. The van der Waals surface area contributed by atoms with Gasteiger partial charge in [0.2, 0.25) is 5.96 Å². The molecule has 2 aromatic carbocycles. The zero-order chi connectivity index (χ0) is 24.5. The van der Waals surface area contributed by atoms with Crippen LogP contribution in [0.5, 0.6) is 0 Å². The maximum absolute atomic E-state index is 13.5. The summed E-state index contributed by atoms with van der Waals surface area (Å²) in [7, 11) is 1.69. The number of aliphatic imine (C=N–C) groups is 1. The molecule has 9 nitrogen and oxygen atoms in total. The SMILES string of the molecule is CCCCC1=C(c2ccc(-c3ccccc3-c3nnn[nH]3)cc2)C(=O)N(C)C2=NC(=O)C(CC)N21. The molecule has 0 aliphatic carbocycles. The summed E-state index contributed by atoms with van der Waals surface area (Å²) in [6.07, 6.45) is 3.24. The third kappa shape index (κ3) is 3.82. The van der Waals surface area contributed by atoms with Gasteiger partial charge in [-0.2, -0.15) is 4.99 Å². The number of hydrogen-bond donors (Lipinski definition) is 1. The molecule has 2 aliphatic heterocycles. The fraction of sp³-hybridized carbons (Fsp3) is 0.308. The van der Waals surface area contributed by atoms with Crippen molar-refractivity contribution >= 4 is 23.3 Å². The molecule has 0 spiro atoms. The molecular weight excluding hydrogens is 442 g/mol. The number of aromatic amines is 1. The highest BCUT2D eigenvalue weighted by Crippen LogP contribution is 2.38. The zero-order valence-corrected chi connectivity index (χ0v) is 20.0. The molecule has 2 aliphatic rings. The summed E-state index contributed by atoms with van der Waals surface area (Å²) in [6.45, 7) is 4.10. The van der Waals surface area contributed by atoms with Crippen LogP contribution in [-0.2, 0) is 9.59 Å². The molecule has 9 heteroatoms. The highest BCUT2D eigenvalue weighted by molar-refractivity contribution is 6.29. The Kier molecular flexibility index (Phi) is 5.98. The van der Waals surface area contributed by atoms with Gasteiger partial charge < -0.3 is 4.90 Å². The van der Waals surface area contributed by atoms with E-state index in [4.69, 9.17) is 0 Å². The van der Waals surface area contributed by atoms with Crippen molar-refractivity contribution in [1.29, 1.82) is 0 Å². The highest BCUT2D eigenvalue weighted by atomic mass is 16.2. The minimum Gasteiger partial charge on any atom is -0.302 e. The Morgan fingerprint density at radius 3 is 2.34 bits per heavy atom. The van der Waals surface area contributed by atoms with Crippen molar-refractivity contribution in [3.8, 4) is 22.5 Å². The Balaban J connectivity index is 1.59. The molecular formula is C26H27N7O2. The monoisotopic (exact) mass is 469 g/mol. The number of hydrogen-bond acceptors (Lipinski definition) is 6. The minimum atomic E-state index is -0.371. The number of carbonyl (C=O) groups excluding carboxylic acids is 2. The standard InChI is InChI=1S/C26H27N7O2/c1-4-6-11-21-22(25(35)32(3)26-27-24(34)20(5-2)33(21)26)17-14-12-16(13-15-17)18-9-7-8-10-19(18)23-28-30-31-29-23/h7-10,12-15,20H,4-6,11H2,1-3H3,(H,28,29,30,31). The molecule has 1 unspecified atom stereocenters. The number of tetrazole rings is 1. The normalized spacial score (nSPS) is 17.8. The molecule has 1 N–H and O–H groups in total. The average Bonchev–Trinajstić information content (AvgIpc) is 3.53. The van der Waals surface area contributed by atoms with Gasteiger partial charge in [0.1, 0.15) is 6.04 Å². The van der Waals surface area contributed by atoms with Gasteiger partial charge in [-0.3, -0.25) is 14.5 Å². The highest BCUT2D eigenvalue weighted by Gasteiger charge is 2.44. The van der Waals surface area contributed by atoms with Crippen LogP contribution in [0.25, 0.3) is 28.1 Å². The van der Waals surface area contributed by atoms with Crippen molar-refractivity contribution in [2.75, 3.05) is 7.05 Å². The molecule has 0 fully saturated rings. The smallest absolute Gasteiger partial charge is 0.272 e. The number of carbonyl (C=O) groups is 2. The molecule has 0 saturated heterocycles. The van der Waals surface area contributed by atoms with E-state index in [1.807, 2.05) is 60.4 Å². The van der Waals surface area contributed by atoms with E-state index in [0.29, 0.717) is 30.2 Å². The fourth-order valence-electron chi connectivity index (χ4n) is 4.79. The van der Waals surface area contributed by atoms with Gasteiger partial charge in [-0.1, -0.05) is 68.8 Å². The predicted molar refractivity (Wildman–Crippen MR) is 133 cm³/mol. The number of allylic oxidation sites excluding steroid dienone is 1. The van der Waals surface area contributed by atoms with Gasteiger partial charge in [0, 0.05) is 18.3 Å². The van der Waals surface area contributed by atoms with E-state index in [-0.39, 0.29) is 17.9 Å². The molecule has 0 bridgehead atoms. The first-order valence-electron chi connectivity index (χ1n) is 11.9. The molecule has 5 rings (SSSR count). The largest absolute Gasteiger partial charge is 0.302 e. The Bertz CT molecular complexity index is 1330. The van der Waals surface area contributed by atoms with E-state index in [0.717, 1.165) is 40.8 Å². The van der Waals surface area contributed by atoms with Crippen molar-refractivity contribution in [3.05, 3.63) is 59.8 Å². The van der Waals surface area contributed by atoms with Gasteiger partial charge in [0.25, 0.3) is 11.8 Å². The lowest BCUT2D eigenvalue weighted by molar-refractivity contribution is -0.122. The van der Waals surface area contributed by atoms with E-state index in [1.165, 1.54) is 4.90 Å². The molecule has 3 aromatic rings. The van der Waals surface area contributed by atoms with Crippen molar-refractivity contribution in [3.63, 3.8) is 0 Å². The van der Waals surface area contributed by atoms with Crippen molar-refractivity contribution in [2.45, 2.75) is 45.6 Å². The summed E-state index contributed by atoms with van der Waals surface area (Å²) in [4.78, 5) is 33.8. The van der Waals surface area contributed by atoms with E-state index in [9.17, 15) is 9.59 Å². The van der Waals surface area contributed by atoms with Crippen LogP contribution in [0.3, 0.4) is 0 Å². The lowest BCUT2D eigenvalue weighted by Gasteiger charge is -2.38. The van der Waals surface area contributed by atoms with Crippen molar-refractivity contribution in [2.24, 2.45) is 4.99 Å². The van der Waals surface area contributed by atoms with Crippen LogP contribution in [0.4, 0.5) is 0 Å². The van der Waals surface area contributed by atoms with E-state index >= 15 is 0 Å². The van der Waals surface area contributed by atoms with Gasteiger partial charge >= 0.3 is 0 Å². The van der Waals surface area contributed by atoms with Crippen LogP contribution in [0, 0.1) is 0 Å². The molecule has 1 aromatic heterocycles. The van der Waals surface area contributed by atoms with Crippen LogP contribution >= 0.6 is 0 Å². The summed E-state index contributed by atoms with van der Waals surface area (Å²) in [5.74, 6) is 0.699. The molecule has 3 heterocycles. The number of guanidine groups is 1. The fourth-order valence-corrected chi connectivity index (χ4v) is 4.79. The second-order valence-corrected chi connectivity index (χ2v) is 8.71. The predicted octanol–water partition coefficient (Wildman–Crippen LogP) is 3.88. The van der Waals surface area contributed by atoms with Gasteiger partial charge in [-0.15, -0.1) is 5.10 Å². The maximum atomic E-state index is 13.5. The summed E-state index contributed by atoms with van der Waals surface area (Å²) in [5.41, 5.74) is 5.20. The van der Waals surface area contributed by atoms with Crippen molar-refractivity contribution < 1.29 is 9.59 Å². The number of likely N-dealkylation sites (N-methyl/N-ethyl adjacent to an activating group) is 1. The van der Waals surface area contributed by atoms with Crippen LogP contribution in [-0.4, -0.2) is 61.3 Å². The number of fused-ring (bicyclic) bond motifs is 1. The number of unbranched alkanes of at least 4 members (excludes halogenated alkanes) is 1. The summed E-state index contributed by atoms with van der Waals surface area (Å²) in [6, 6.07) is 15.5. The summed E-state index contributed by atoms with van der Waals surface area (Å²) in [5, 5.41) is 14.3. The Morgan fingerprint density at radius 2 is 1.69 bits per heavy atom. The number of nitrogens with zero attached hydrogens (tertiary/aromatic N) is 6. The van der Waals surface area contributed by atoms with E-state index in [1.54, 1.807) is 7.05 Å². The maximum Gasteiger partial charge on any atom is 0.272 e. The number of benzene rings is 2. The average molecular weight is 470 g/mol. The summed E-state index contributed by atoms with van der Waals surface area (Å²) >= 11 is 0. The number of H-pyrrole nitrogens is 1. The Labute approximate surface area is 203 Å². The molecule has 1 atom stereocenters. The number of amides is 2. The first-order valence-corrected chi connectivity index (χ1v) is 11.9. The lowest BCUT2D eigenvalue weighted by Crippen LogP contribution is -2.51. The number of nitrogens with one attached hydrogen (secondary N) is 1. The van der Waals surface area contributed by atoms with Gasteiger partial charge in [-0.05, 0) is 46.4 Å². The molecule has 35 heavy (non-hydrogen) atoms. The molecule has 0 radical (unpaired) electrons. The second-order valence-electron chi connectivity index (χ2n) is 8.71. The van der Waals surface area contributed by atoms with Gasteiger partial charge in [0.15, 0.2) is 5.82 Å². The van der Waals surface area contributed by atoms with Crippen LogP contribution in [0.1, 0.15) is 45.1 Å². The molecule has 2 amide bonds. The van der Waals surface area contributed by atoms with Gasteiger partial charge in [-0.25, -0.2) is 5.10 Å². The zero-order valence-electron chi connectivity index (χ0n) is 20.0. The third-order valence-corrected chi connectivity index (χ3v) is 6.59. The topological polar surface area (TPSA) is 107 Å². The summed E-state index contributed by atoms with van der Waals surface area (Å²) < 4.78 is 0. The van der Waals surface area contributed by atoms with Crippen LogP contribution < -0.4 is 0 Å². The number of rotatable bonds is 7. The van der Waals surface area contributed by atoms with Crippen LogP contribution in [0.15, 0.2) is 59.2 Å². The third-order valence-electron chi connectivity index (χ3n) is 6.59. The quantitative estimate of drug-likeness (QED) is 0.563. The van der Waals surface area contributed by atoms with E-state index < -0.39 is 0 Å². The Hall–Kier alpha value is -4.14. The second kappa shape index (κ2) is 9.25. The first kappa shape index (κ1) is 22.6. The van der Waals surface area contributed by atoms with Gasteiger partial charge in [0.05, 0.1) is 5.57 Å². The number of aromatic nitrogens is 4. The minimum absolute atomic E-state index is 0.142.